The van der Waals surface area contributed by atoms with Crippen molar-refractivity contribution in [3.63, 3.8) is 0 Å². The highest BCUT2D eigenvalue weighted by Crippen LogP contribution is 2.63. The monoisotopic (exact) mass is 428 g/mol. The summed E-state index contributed by atoms with van der Waals surface area (Å²) in [6.45, 7) is 0. The molecule has 2 aromatic carbocycles. The summed E-state index contributed by atoms with van der Waals surface area (Å²) < 4.78 is 0. The van der Waals surface area contributed by atoms with Crippen molar-refractivity contribution < 1.29 is 10.2 Å². The molecule has 2 heteroatoms. The van der Waals surface area contributed by atoms with Crippen molar-refractivity contribution in [3.8, 4) is 11.5 Å². The summed E-state index contributed by atoms with van der Waals surface area (Å²) in [7, 11) is 0. The highest BCUT2D eigenvalue weighted by atomic mass is 16.3. The Morgan fingerprint density at radius 1 is 0.562 bits per heavy atom. The predicted molar refractivity (Wildman–Crippen MR) is 127 cm³/mol. The number of aromatic hydroxyl groups is 2. The number of phenols is 2. The lowest BCUT2D eigenvalue weighted by Gasteiger charge is -2.57. The normalized spacial score (nSPS) is 45.8. The van der Waals surface area contributed by atoms with Crippen LogP contribution in [-0.2, 0) is 10.8 Å². The molecule has 0 saturated heterocycles. The minimum Gasteiger partial charge on any atom is -0.504 e. The van der Waals surface area contributed by atoms with Crippen molar-refractivity contribution in [1.29, 1.82) is 0 Å². The van der Waals surface area contributed by atoms with Gasteiger partial charge < -0.3 is 10.2 Å². The molecule has 32 heavy (non-hydrogen) atoms. The van der Waals surface area contributed by atoms with Crippen LogP contribution in [0.4, 0.5) is 0 Å². The average molecular weight is 429 g/mol. The molecular formula is C30H36O2. The zero-order valence-corrected chi connectivity index (χ0v) is 19.2. The van der Waals surface area contributed by atoms with Gasteiger partial charge in [0.25, 0.3) is 0 Å². The highest BCUT2D eigenvalue weighted by molar-refractivity contribution is 5.94. The third-order valence-corrected chi connectivity index (χ3v) is 11.3. The van der Waals surface area contributed by atoms with Crippen LogP contribution in [0.1, 0.15) is 88.2 Å². The van der Waals surface area contributed by atoms with Gasteiger partial charge >= 0.3 is 0 Å². The van der Waals surface area contributed by atoms with Crippen LogP contribution in [-0.4, -0.2) is 10.2 Å². The largest absolute Gasteiger partial charge is 0.504 e. The van der Waals surface area contributed by atoms with Gasteiger partial charge in [-0.25, -0.2) is 0 Å². The van der Waals surface area contributed by atoms with Crippen molar-refractivity contribution in [2.24, 2.45) is 35.5 Å². The molecule has 2 nitrogen and oxygen atoms in total. The van der Waals surface area contributed by atoms with Gasteiger partial charge in [-0.15, -0.1) is 0 Å². The smallest absolute Gasteiger partial charge is 0.165 e. The Balaban J connectivity index is 1.28. The second-order valence-electron chi connectivity index (χ2n) is 13.4. The lowest BCUT2D eigenvalue weighted by molar-refractivity contribution is -0.00519. The first-order valence-corrected chi connectivity index (χ1v) is 13.5. The molecular weight excluding hydrogens is 392 g/mol. The van der Waals surface area contributed by atoms with Crippen molar-refractivity contribution in [3.05, 3.63) is 35.4 Å². The van der Waals surface area contributed by atoms with E-state index in [2.05, 4.69) is 18.2 Å². The first kappa shape index (κ1) is 18.7. The molecule has 168 valence electrons. The van der Waals surface area contributed by atoms with E-state index in [1.807, 2.05) is 6.07 Å². The maximum absolute atomic E-state index is 11.0. The first-order chi connectivity index (χ1) is 15.5. The van der Waals surface area contributed by atoms with Crippen LogP contribution in [0, 0.1) is 35.5 Å². The fourth-order valence-corrected chi connectivity index (χ4v) is 11.1. The van der Waals surface area contributed by atoms with Gasteiger partial charge in [0.05, 0.1) is 0 Å². The zero-order valence-electron chi connectivity index (χ0n) is 19.2. The molecule has 0 aliphatic heterocycles. The molecule has 0 unspecified atom stereocenters. The van der Waals surface area contributed by atoms with E-state index in [0.29, 0.717) is 5.41 Å². The van der Waals surface area contributed by atoms with Gasteiger partial charge in [-0.3, -0.25) is 0 Å². The number of benzene rings is 2. The molecule has 10 rings (SSSR count). The van der Waals surface area contributed by atoms with Gasteiger partial charge in [0.15, 0.2) is 11.5 Å². The molecule has 8 bridgehead atoms. The second kappa shape index (κ2) is 6.05. The molecule has 8 saturated carbocycles. The molecule has 8 aliphatic rings. The Bertz CT molecular complexity index is 1060. The van der Waals surface area contributed by atoms with Crippen LogP contribution in [0.3, 0.4) is 0 Å². The van der Waals surface area contributed by atoms with E-state index >= 15 is 0 Å². The van der Waals surface area contributed by atoms with Crippen molar-refractivity contribution in [1.82, 2.24) is 0 Å². The third-order valence-electron chi connectivity index (χ3n) is 11.3. The van der Waals surface area contributed by atoms with Crippen LogP contribution in [0.5, 0.6) is 11.5 Å². The van der Waals surface area contributed by atoms with Gasteiger partial charge in [0.1, 0.15) is 0 Å². The SMILES string of the molecule is Oc1cc(C23CC4CC(CC(C4)C2)C3)c2ccc(C34CC5CC(CC(C5)C3)C4)cc2c1O. The number of fused-ring (bicyclic) bond motifs is 1. The van der Waals surface area contributed by atoms with Gasteiger partial charge in [0, 0.05) is 5.39 Å². The van der Waals surface area contributed by atoms with E-state index in [9.17, 15) is 10.2 Å². The molecule has 2 aromatic rings. The van der Waals surface area contributed by atoms with Crippen LogP contribution >= 0.6 is 0 Å². The molecule has 0 amide bonds. The first-order valence-electron chi connectivity index (χ1n) is 13.5. The number of rotatable bonds is 2. The average Bonchev–Trinajstić information content (AvgIpc) is 2.74. The van der Waals surface area contributed by atoms with E-state index in [4.69, 9.17) is 0 Å². The molecule has 0 radical (unpaired) electrons. The zero-order chi connectivity index (χ0) is 21.2. The van der Waals surface area contributed by atoms with E-state index in [-0.39, 0.29) is 16.9 Å². The molecule has 0 heterocycles. The number of hydrogen-bond acceptors (Lipinski definition) is 2. The van der Waals surface area contributed by atoms with Gasteiger partial charge in [-0.05, 0) is 152 Å². The molecule has 2 N–H and O–H groups in total. The van der Waals surface area contributed by atoms with Gasteiger partial charge in [0.2, 0.25) is 0 Å². The third kappa shape index (κ3) is 2.42. The number of hydrogen-bond donors (Lipinski definition) is 2. The summed E-state index contributed by atoms with van der Waals surface area (Å²) in [5.74, 6) is 5.58. The van der Waals surface area contributed by atoms with Crippen molar-refractivity contribution >= 4 is 10.8 Å². The fraction of sp³-hybridized carbons (Fsp3) is 0.667. The van der Waals surface area contributed by atoms with Crippen LogP contribution < -0.4 is 0 Å². The van der Waals surface area contributed by atoms with Crippen LogP contribution in [0.15, 0.2) is 24.3 Å². The Hall–Kier alpha value is -1.70. The van der Waals surface area contributed by atoms with Crippen molar-refractivity contribution in [2.75, 3.05) is 0 Å². The lowest BCUT2D eigenvalue weighted by atomic mass is 9.47. The molecule has 0 atom stereocenters. The Labute approximate surface area is 191 Å². The molecule has 0 spiro atoms. The summed E-state index contributed by atoms with van der Waals surface area (Å²) >= 11 is 0. The minimum atomic E-state index is 0.103. The van der Waals surface area contributed by atoms with Crippen LogP contribution in [0.2, 0.25) is 0 Å². The van der Waals surface area contributed by atoms with Crippen LogP contribution in [0.25, 0.3) is 10.8 Å². The summed E-state index contributed by atoms with van der Waals surface area (Å²) in [4.78, 5) is 0. The lowest BCUT2D eigenvalue weighted by Crippen LogP contribution is -2.48. The van der Waals surface area contributed by atoms with E-state index < -0.39 is 0 Å². The van der Waals surface area contributed by atoms with Gasteiger partial charge in [-0.1, -0.05) is 12.1 Å². The molecule has 8 aliphatic carbocycles. The van der Waals surface area contributed by atoms with E-state index in [1.54, 1.807) is 0 Å². The topological polar surface area (TPSA) is 40.5 Å². The van der Waals surface area contributed by atoms with Crippen molar-refractivity contribution in [2.45, 2.75) is 87.9 Å². The second-order valence-corrected chi connectivity index (χ2v) is 13.4. The Morgan fingerprint density at radius 2 is 1.03 bits per heavy atom. The highest BCUT2D eigenvalue weighted by Gasteiger charge is 2.53. The van der Waals surface area contributed by atoms with E-state index in [0.717, 1.165) is 40.9 Å². The summed E-state index contributed by atoms with van der Waals surface area (Å²) in [5, 5.41) is 24.0. The van der Waals surface area contributed by atoms with Gasteiger partial charge in [-0.2, -0.15) is 0 Å². The molecule has 8 fully saturated rings. The maximum atomic E-state index is 11.0. The Kier molecular flexibility index (Phi) is 3.53. The number of phenolic OH excluding ortho intramolecular Hbond substituents is 2. The Morgan fingerprint density at radius 3 is 1.53 bits per heavy atom. The fourth-order valence-electron chi connectivity index (χ4n) is 11.1. The molecule has 0 aromatic heterocycles. The summed E-state index contributed by atoms with van der Waals surface area (Å²) in [5.41, 5.74) is 3.34. The standard InChI is InChI=1S/C30H36O2/c31-27-10-26(30-14-20-6-21(15-30)8-22(7-20)16-30)24-2-1-23(9-25(24)28(27)32)29-11-17-3-18(12-29)5-19(4-17)13-29/h1-2,9-10,17-22,31-32H,3-8,11-16H2. The summed E-state index contributed by atoms with van der Waals surface area (Å²) in [6, 6.07) is 9.03. The predicted octanol–water partition coefficient (Wildman–Crippen LogP) is 7.19. The summed E-state index contributed by atoms with van der Waals surface area (Å²) in [6.07, 6.45) is 16.5. The minimum absolute atomic E-state index is 0.103. The quantitative estimate of drug-likeness (QED) is 0.497. The maximum Gasteiger partial charge on any atom is 0.165 e. The van der Waals surface area contributed by atoms with E-state index in [1.165, 1.54) is 93.6 Å².